The minimum absolute atomic E-state index is 0.0602. The Hall–Kier alpha value is -2.41. The number of H-pyrrole nitrogens is 1. The third kappa shape index (κ3) is 4.27. The van der Waals surface area contributed by atoms with E-state index >= 15 is 0 Å². The van der Waals surface area contributed by atoms with E-state index in [1.165, 1.54) is 25.7 Å². The van der Waals surface area contributed by atoms with Gasteiger partial charge in [-0.3, -0.25) is 19.6 Å². The summed E-state index contributed by atoms with van der Waals surface area (Å²) < 4.78 is 1.60. The minimum Gasteiger partial charge on any atom is -0.343 e. The van der Waals surface area contributed by atoms with Crippen LogP contribution in [0.2, 0.25) is 0 Å². The van der Waals surface area contributed by atoms with Crippen molar-refractivity contribution in [2.45, 2.75) is 70.8 Å². The molecule has 1 aliphatic carbocycles. The average Bonchev–Trinajstić information content (AvgIpc) is 3.55. The highest BCUT2D eigenvalue weighted by Crippen LogP contribution is 2.33. The van der Waals surface area contributed by atoms with Crippen LogP contribution in [0.25, 0.3) is 5.65 Å². The van der Waals surface area contributed by atoms with Crippen molar-refractivity contribution in [2.75, 3.05) is 26.2 Å². The maximum Gasteiger partial charge on any atom is 0.276 e. The predicted molar refractivity (Wildman–Crippen MR) is 125 cm³/mol. The number of hydrogen-bond acceptors (Lipinski definition) is 4. The monoisotopic (exact) mass is 437 g/mol. The number of carbonyl (C=O) groups is 1. The molecule has 7 heteroatoms. The second kappa shape index (κ2) is 9.22. The Bertz CT molecular complexity index is 1060. The molecule has 5 rings (SSSR count). The zero-order valence-corrected chi connectivity index (χ0v) is 19.2. The van der Waals surface area contributed by atoms with Crippen LogP contribution in [-0.2, 0) is 11.2 Å². The van der Waals surface area contributed by atoms with Gasteiger partial charge in [0.2, 0.25) is 5.91 Å². The number of likely N-dealkylation sites (tertiary alicyclic amines) is 2. The number of aromatic nitrogens is 3. The molecule has 172 valence electrons. The molecule has 2 aromatic heterocycles. The summed E-state index contributed by atoms with van der Waals surface area (Å²) in [7, 11) is 0. The van der Waals surface area contributed by atoms with Gasteiger partial charge < -0.3 is 4.90 Å². The van der Waals surface area contributed by atoms with E-state index in [0.29, 0.717) is 30.1 Å². The van der Waals surface area contributed by atoms with Crippen LogP contribution in [0.3, 0.4) is 0 Å². The minimum atomic E-state index is -0.0602. The van der Waals surface area contributed by atoms with Crippen LogP contribution in [0.4, 0.5) is 0 Å². The maximum atomic E-state index is 13.3. The summed E-state index contributed by atoms with van der Waals surface area (Å²) in [6.45, 7) is 5.83. The number of nitrogens with zero attached hydrogens (tertiary/aromatic N) is 4. The normalized spacial score (nSPS) is 24.1. The average molecular weight is 438 g/mol. The van der Waals surface area contributed by atoms with Crippen LogP contribution >= 0.6 is 0 Å². The van der Waals surface area contributed by atoms with Gasteiger partial charge in [-0.05, 0) is 70.8 Å². The molecule has 7 nitrogen and oxygen atoms in total. The summed E-state index contributed by atoms with van der Waals surface area (Å²) in [5.41, 5.74) is 3.11. The fourth-order valence-electron chi connectivity index (χ4n) is 5.75. The van der Waals surface area contributed by atoms with Gasteiger partial charge in [0.25, 0.3) is 5.56 Å². The fraction of sp³-hybridized carbons (Fsp3) is 0.640. The zero-order valence-electron chi connectivity index (χ0n) is 19.2. The highest BCUT2D eigenvalue weighted by Gasteiger charge is 2.30. The number of fused-ring (bicyclic) bond motifs is 1. The first kappa shape index (κ1) is 21.4. The van der Waals surface area contributed by atoms with E-state index in [-0.39, 0.29) is 11.5 Å². The van der Waals surface area contributed by atoms with Gasteiger partial charge in [0.1, 0.15) is 0 Å². The first-order chi connectivity index (χ1) is 15.6. The summed E-state index contributed by atoms with van der Waals surface area (Å²) in [6.07, 6.45) is 13.6. The largest absolute Gasteiger partial charge is 0.343 e. The van der Waals surface area contributed by atoms with Crippen LogP contribution in [-0.4, -0.2) is 56.5 Å². The van der Waals surface area contributed by atoms with Gasteiger partial charge in [0.05, 0.1) is 11.7 Å². The number of aryl methyl sites for hydroxylation is 1. The summed E-state index contributed by atoms with van der Waals surface area (Å²) in [6, 6.07) is 2.37. The van der Waals surface area contributed by atoms with E-state index in [2.05, 4.69) is 28.2 Å². The molecule has 0 unspecified atom stereocenters. The van der Waals surface area contributed by atoms with E-state index in [1.807, 2.05) is 11.8 Å². The van der Waals surface area contributed by atoms with Gasteiger partial charge in [-0.1, -0.05) is 12.2 Å². The molecule has 2 atom stereocenters. The van der Waals surface area contributed by atoms with Crippen molar-refractivity contribution in [3.8, 4) is 0 Å². The van der Waals surface area contributed by atoms with Crippen molar-refractivity contribution in [3.05, 3.63) is 45.5 Å². The van der Waals surface area contributed by atoms with Crippen LogP contribution in [0.5, 0.6) is 0 Å². The number of allylic oxidation sites excluding steroid dienone is 2. The lowest BCUT2D eigenvalue weighted by atomic mass is 9.93. The van der Waals surface area contributed by atoms with Crippen molar-refractivity contribution in [1.29, 1.82) is 0 Å². The zero-order chi connectivity index (χ0) is 22.1. The second-order valence-corrected chi connectivity index (χ2v) is 9.78. The first-order valence-corrected chi connectivity index (χ1v) is 12.4. The predicted octanol–water partition coefficient (Wildman–Crippen LogP) is 3.38. The molecule has 3 aliphatic rings. The molecule has 2 saturated heterocycles. The highest BCUT2D eigenvalue weighted by atomic mass is 16.2. The lowest BCUT2D eigenvalue weighted by molar-refractivity contribution is -0.130. The molecular formula is C25H35N5O2. The molecule has 1 N–H and O–H groups in total. The molecular weight excluding hydrogens is 402 g/mol. The number of rotatable bonds is 6. The van der Waals surface area contributed by atoms with Gasteiger partial charge in [0, 0.05) is 43.4 Å². The molecule has 32 heavy (non-hydrogen) atoms. The molecule has 2 aromatic rings. The number of hydrogen-bond donors (Lipinski definition) is 1. The van der Waals surface area contributed by atoms with E-state index in [4.69, 9.17) is 4.98 Å². The van der Waals surface area contributed by atoms with Gasteiger partial charge in [-0.25, -0.2) is 9.50 Å². The Morgan fingerprint density at radius 1 is 1.16 bits per heavy atom. The standard InChI is InChI=1S/C25H35N5O2/c1-18-20(11-12-24(31)28-13-5-6-14-28)25(32)30-23(26-18)16-21(27-30)22-10-7-15-29(22)17-19-8-3-2-4-9-19/h2-3,16,19,22,27H,4-15,17H2,1H3/t19-,22+/m0/s1. The molecule has 0 radical (unpaired) electrons. The highest BCUT2D eigenvalue weighted by molar-refractivity contribution is 5.76. The van der Waals surface area contributed by atoms with Crippen LogP contribution in [0.15, 0.2) is 23.0 Å². The van der Waals surface area contributed by atoms with Crippen LogP contribution < -0.4 is 5.56 Å². The smallest absolute Gasteiger partial charge is 0.276 e. The number of carbonyl (C=O) groups excluding carboxylic acids is 1. The van der Waals surface area contributed by atoms with E-state index in [0.717, 1.165) is 62.7 Å². The number of amides is 1. The maximum absolute atomic E-state index is 13.3. The quantitative estimate of drug-likeness (QED) is 0.703. The Kier molecular flexibility index (Phi) is 6.17. The first-order valence-electron chi connectivity index (χ1n) is 12.4. The third-order valence-electron chi connectivity index (χ3n) is 7.58. The van der Waals surface area contributed by atoms with Crippen molar-refractivity contribution in [2.24, 2.45) is 5.92 Å². The summed E-state index contributed by atoms with van der Waals surface area (Å²) in [5.74, 6) is 0.880. The van der Waals surface area contributed by atoms with Crippen molar-refractivity contribution < 1.29 is 4.79 Å². The van der Waals surface area contributed by atoms with E-state index in [1.54, 1.807) is 4.52 Å². The van der Waals surface area contributed by atoms with E-state index in [9.17, 15) is 9.59 Å². The molecule has 0 bridgehead atoms. The Morgan fingerprint density at radius 3 is 2.78 bits per heavy atom. The lowest BCUT2D eigenvalue weighted by Crippen LogP contribution is -2.30. The second-order valence-electron chi connectivity index (χ2n) is 9.78. The molecule has 4 heterocycles. The third-order valence-corrected chi connectivity index (χ3v) is 7.58. The lowest BCUT2D eigenvalue weighted by Gasteiger charge is -2.29. The van der Waals surface area contributed by atoms with Crippen molar-refractivity contribution in [3.63, 3.8) is 0 Å². The molecule has 2 fully saturated rings. The van der Waals surface area contributed by atoms with Crippen LogP contribution in [0.1, 0.15) is 74.4 Å². The van der Waals surface area contributed by atoms with Crippen LogP contribution in [0, 0.1) is 12.8 Å². The van der Waals surface area contributed by atoms with Gasteiger partial charge in [-0.2, -0.15) is 0 Å². The SMILES string of the molecule is Cc1nc2cc([C@H]3CCCN3C[C@H]3CC=CCC3)[nH]n2c(=O)c1CCC(=O)N1CCCC1. The number of nitrogens with one attached hydrogen (secondary N) is 1. The summed E-state index contributed by atoms with van der Waals surface area (Å²) >= 11 is 0. The van der Waals surface area contributed by atoms with Gasteiger partial charge >= 0.3 is 0 Å². The fourth-order valence-corrected chi connectivity index (χ4v) is 5.75. The van der Waals surface area contributed by atoms with Crippen molar-refractivity contribution in [1.82, 2.24) is 24.4 Å². The molecule has 0 spiro atoms. The molecule has 1 amide bonds. The molecule has 0 aromatic carbocycles. The Morgan fingerprint density at radius 2 is 2.00 bits per heavy atom. The number of aromatic amines is 1. The van der Waals surface area contributed by atoms with Gasteiger partial charge in [0.15, 0.2) is 5.65 Å². The molecule has 0 saturated carbocycles. The van der Waals surface area contributed by atoms with E-state index < -0.39 is 0 Å². The topological polar surface area (TPSA) is 73.7 Å². The Balaban J connectivity index is 1.34. The summed E-state index contributed by atoms with van der Waals surface area (Å²) in [5, 5.41) is 3.37. The summed E-state index contributed by atoms with van der Waals surface area (Å²) in [4.78, 5) is 34.9. The molecule has 2 aliphatic heterocycles. The Labute approximate surface area is 189 Å². The van der Waals surface area contributed by atoms with Gasteiger partial charge in [-0.15, -0.1) is 0 Å². The van der Waals surface area contributed by atoms with Crippen molar-refractivity contribution >= 4 is 11.6 Å².